The second-order valence-electron chi connectivity index (χ2n) is 3.04. The molecule has 0 radical (unpaired) electrons. The monoisotopic (exact) mass is 200 g/mol. The zero-order chi connectivity index (χ0) is 10.0. The van der Waals surface area contributed by atoms with Crippen LogP contribution in [0.5, 0.6) is 0 Å². The van der Waals surface area contributed by atoms with Crippen LogP contribution >= 0.6 is 11.3 Å². The average molecular weight is 200 g/mol. The number of carbonyl (C=O) groups is 1. The summed E-state index contributed by atoms with van der Waals surface area (Å²) in [6.45, 7) is 5.67. The summed E-state index contributed by atoms with van der Waals surface area (Å²) >= 11 is 1.17. The molecule has 72 valence electrons. The van der Waals surface area contributed by atoms with Crippen molar-refractivity contribution in [2.24, 2.45) is 0 Å². The molecule has 0 amide bonds. The summed E-state index contributed by atoms with van der Waals surface area (Å²) in [7, 11) is 0. The molecule has 0 unspecified atom stereocenters. The largest absolute Gasteiger partial charge is 0.477 e. The first kappa shape index (κ1) is 9.98. The van der Waals surface area contributed by atoms with E-state index in [1.165, 1.54) is 11.3 Å². The van der Waals surface area contributed by atoms with Gasteiger partial charge in [-0.05, 0) is 20.8 Å². The Kier molecular flexibility index (Phi) is 2.87. The zero-order valence-electron chi connectivity index (χ0n) is 7.79. The fraction of sp³-hybridized carbons (Fsp3) is 0.500. The van der Waals surface area contributed by atoms with E-state index in [0.29, 0.717) is 15.7 Å². The highest BCUT2D eigenvalue weighted by Crippen LogP contribution is 2.22. The average Bonchev–Trinajstić information content (AvgIpc) is 2.29. The van der Waals surface area contributed by atoms with Crippen LogP contribution in [0.25, 0.3) is 0 Å². The van der Waals surface area contributed by atoms with Gasteiger partial charge in [0, 0.05) is 6.04 Å². The summed E-state index contributed by atoms with van der Waals surface area (Å²) in [5.74, 6) is -0.910. The number of aryl methyl sites for hydroxylation is 1. The molecule has 0 saturated carbocycles. The quantitative estimate of drug-likeness (QED) is 0.783. The number of aromatic carboxylic acids is 1. The van der Waals surface area contributed by atoms with E-state index in [2.05, 4.69) is 10.3 Å². The van der Waals surface area contributed by atoms with Gasteiger partial charge in [0.05, 0.1) is 5.69 Å². The van der Waals surface area contributed by atoms with Gasteiger partial charge in [0.25, 0.3) is 0 Å². The van der Waals surface area contributed by atoms with Crippen molar-refractivity contribution < 1.29 is 9.90 Å². The molecule has 1 rings (SSSR count). The molecule has 0 aliphatic carbocycles. The lowest BCUT2D eigenvalue weighted by Crippen LogP contribution is -2.08. The van der Waals surface area contributed by atoms with Gasteiger partial charge in [0.15, 0.2) is 5.13 Å². The summed E-state index contributed by atoms with van der Waals surface area (Å²) in [6, 6.07) is 0.271. The highest BCUT2D eigenvalue weighted by atomic mass is 32.1. The second-order valence-corrected chi connectivity index (χ2v) is 4.04. The fourth-order valence-corrected chi connectivity index (χ4v) is 1.85. The van der Waals surface area contributed by atoms with Gasteiger partial charge in [0.1, 0.15) is 4.88 Å². The van der Waals surface area contributed by atoms with Crippen molar-refractivity contribution in [3.05, 3.63) is 10.6 Å². The number of hydrogen-bond donors (Lipinski definition) is 2. The maximum atomic E-state index is 10.7. The number of rotatable bonds is 3. The van der Waals surface area contributed by atoms with Crippen molar-refractivity contribution in [2.75, 3.05) is 5.32 Å². The molecule has 2 N–H and O–H groups in total. The number of nitrogens with one attached hydrogen (secondary N) is 1. The van der Waals surface area contributed by atoms with Gasteiger partial charge in [-0.3, -0.25) is 0 Å². The Morgan fingerprint density at radius 2 is 2.23 bits per heavy atom. The maximum Gasteiger partial charge on any atom is 0.347 e. The third-order valence-electron chi connectivity index (χ3n) is 1.40. The highest BCUT2D eigenvalue weighted by molar-refractivity contribution is 7.17. The molecule has 0 aromatic carbocycles. The molecule has 4 nitrogen and oxygen atoms in total. The van der Waals surface area contributed by atoms with E-state index >= 15 is 0 Å². The minimum atomic E-state index is -0.910. The van der Waals surface area contributed by atoms with Gasteiger partial charge in [-0.1, -0.05) is 11.3 Å². The normalized spacial score (nSPS) is 10.5. The molecule has 5 heteroatoms. The van der Waals surface area contributed by atoms with E-state index in [0.717, 1.165) is 0 Å². The first-order chi connectivity index (χ1) is 6.00. The van der Waals surface area contributed by atoms with Crippen LogP contribution in [0.15, 0.2) is 0 Å². The van der Waals surface area contributed by atoms with Crippen molar-refractivity contribution in [3.8, 4) is 0 Å². The zero-order valence-corrected chi connectivity index (χ0v) is 8.60. The van der Waals surface area contributed by atoms with Gasteiger partial charge >= 0.3 is 5.97 Å². The molecule has 0 aliphatic heterocycles. The molecule has 1 heterocycles. The lowest BCUT2D eigenvalue weighted by atomic mass is 10.4. The summed E-state index contributed by atoms with van der Waals surface area (Å²) in [6.07, 6.45) is 0. The Morgan fingerprint density at radius 1 is 1.62 bits per heavy atom. The summed E-state index contributed by atoms with van der Waals surface area (Å²) < 4.78 is 0. The standard InChI is InChI=1S/C8H12N2O2S/c1-4(2)9-8-10-5(3)6(13-8)7(11)12/h4H,1-3H3,(H,9,10)(H,11,12). The molecule has 0 atom stereocenters. The molecule has 13 heavy (non-hydrogen) atoms. The lowest BCUT2D eigenvalue weighted by Gasteiger charge is -2.03. The SMILES string of the molecule is Cc1nc(NC(C)C)sc1C(=O)O. The van der Waals surface area contributed by atoms with Gasteiger partial charge in [0.2, 0.25) is 0 Å². The number of anilines is 1. The lowest BCUT2D eigenvalue weighted by molar-refractivity contribution is 0.0701. The Balaban J connectivity index is 2.89. The van der Waals surface area contributed by atoms with Crippen LogP contribution < -0.4 is 5.32 Å². The van der Waals surface area contributed by atoms with Crippen LogP contribution in [0, 0.1) is 6.92 Å². The summed E-state index contributed by atoms with van der Waals surface area (Å²) in [4.78, 5) is 15.1. The van der Waals surface area contributed by atoms with Crippen LogP contribution in [-0.4, -0.2) is 22.1 Å². The fourth-order valence-electron chi connectivity index (χ4n) is 0.904. The third kappa shape index (κ3) is 2.42. The maximum absolute atomic E-state index is 10.7. The van der Waals surface area contributed by atoms with E-state index < -0.39 is 5.97 Å². The number of hydrogen-bond acceptors (Lipinski definition) is 4. The molecule has 0 spiro atoms. The van der Waals surface area contributed by atoms with Crippen molar-refractivity contribution in [1.29, 1.82) is 0 Å². The predicted octanol–water partition coefficient (Wildman–Crippen LogP) is 1.97. The number of thiazole rings is 1. The van der Waals surface area contributed by atoms with Crippen LogP contribution in [0.2, 0.25) is 0 Å². The van der Waals surface area contributed by atoms with Crippen LogP contribution in [0.1, 0.15) is 29.2 Å². The van der Waals surface area contributed by atoms with Gasteiger partial charge in [-0.25, -0.2) is 9.78 Å². The minimum Gasteiger partial charge on any atom is -0.477 e. The van der Waals surface area contributed by atoms with Crippen LogP contribution in [0.4, 0.5) is 5.13 Å². The Morgan fingerprint density at radius 3 is 2.62 bits per heavy atom. The first-order valence-corrected chi connectivity index (χ1v) is 4.79. The van der Waals surface area contributed by atoms with E-state index in [-0.39, 0.29) is 6.04 Å². The molecule has 0 saturated heterocycles. The van der Waals surface area contributed by atoms with Crippen molar-refractivity contribution in [2.45, 2.75) is 26.8 Å². The van der Waals surface area contributed by atoms with Crippen LogP contribution in [-0.2, 0) is 0 Å². The molecule has 1 aromatic rings. The molecular weight excluding hydrogens is 188 g/mol. The Bertz CT molecular complexity index is 320. The Labute approximate surface area is 80.6 Å². The summed E-state index contributed by atoms with van der Waals surface area (Å²) in [5, 5.41) is 12.5. The highest BCUT2D eigenvalue weighted by Gasteiger charge is 2.13. The first-order valence-electron chi connectivity index (χ1n) is 3.98. The van der Waals surface area contributed by atoms with Gasteiger partial charge < -0.3 is 10.4 Å². The van der Waals surface area contributed by atoms with E-state index in [9.17, 15) is 4.79 Å². The molecule has 0 aliphatic rings. The van der Waals surface area contributed by atoms with Crippen molar-refractivity contribution in [3.63, 3.8) is 0 Å². The van der Waals surface area contributed by atoms with Crippen molar-refractivity contribution in [1.82, 2.24) is 4.98 Å². The molecule has 0 bridgehead atoms. The number of carboxylic acids is 1. The molecule has 0 fully saturated rings. The third-order valence-corrected chi connectivity index (χ3v) is 2.48. The Hall–Kier alpha value is -1.10. The number of aromatic nitrogens is 1. The number of carboxylic acid groups (broad SMARTS) is 1. The van der Waals surface area contributed by atoms with Crippen LogP contribution in [0.3, 0.4) is 0 Å². The van der Waals surface area contributed by atoms with Gasteiger partial charge in [-0.15, -0.1) is 0 Å². The van der Waals surface area contributed by atoms with E-state index in [4.69, 9.17) is 5.11 Å². The topological polar surface area (TPSA) is 62.2 Å². The number of nitrogens with zero attached hydrogens (tertiary/aromatic N) is 1. The van der Waals surface area contributed by atoms with E-state index in [1.807, 2.05) is 13.8 Å². The van der Waals surface area contributed by atoms with Crippen molar-refractivity contribution >= 4 is 22.4 Å². The predicted molar refractivity (Wildman–Crippen MR) is 52.6 cm³/mol. The van der Waals surface area contributed by atoms with Gasteiger partial charge in [-0.2, -0.15) is 0 Å². The molecule has 1 aromatic heterocycles. The minimum absolute atomic E-state index is 0.271. The summed E-state index contributed by atoms with van der Waals surface area (Å²) in [5.41, 5.74) is 0.570. The molecular formula is C8H12N2O2S. The smallest absolute Gasteiger partial charge is 0.347 e. The second kappa shape index (κ2) is 3.74. The van der Waals surface area contributed by atoms with E-state index in [1.54, 1.807) is 6.92 Å².